The third-order valence-corrected chi connectivity index (χ3v) is 2.36. The van der Waals surface area contributed by atoms with Gasteiger partial charge < -0.3 is 4.98 Å². The van der Waals surface area contributed by atoms with E-state index in [0.29, 0.717) is 5.92 Å². The molecule has 1 heterocycles. The zero-order valence-electron chi connectivity index (χ0n) is 9.48. The zero-order chi connectivity index (χ0) is 10.7. The van der Waals surface area contributed by atoms with Crippen LogP contribution in [0.3, 0.4) is 0 Å². The van der Waals surface area contributed by atoms with Gasteiger partial charge in [-0.2, -0.15) is 0 Å². The second kappa shape index (κ2) is 4.45. The van der Waals surface area contributed by atoms with E-state index in [4.69, 9.17) is 0 Å². The minimum absolute atomic E-state index is 0.180. The molecule has 14 heavy (non-hydrogen) atoms. The van der Waals surface area contributed by atoms with E-state index < -0.39 is 0 Å². The van der Waals surface area contributed by atoms with Crippen LogP contribution in [-0.2, 0) is 6.42 Å². The molecule has 78 valence electrons. The quantitative estimate of drug-likeness (QED) is 0.786. The number of pyridine rings is 1. The van der Waals surface area contributed by atoms with Gasteiger partial charge in [0.1, 0.15) is 0 Å². The van der Waals surface area contributed by atoms with E-state index in [9.17, 15) is 4.79 Å². The van der Waals surface area contributed by atoms with Crippen molar-refractivity contribution >= 4 is 0 Å². The first-order valence-electron chi connectivity index (χ1n) is 5.29. The third-order valence-electron chi connectivity index (χ3n) is 2.36. The van der Waals surface area contributed by atoms with Crippen molar-refractivity contribution in [2.24, 2.45) is 0 Å². The van der Waals surface area contributed by atoms with Gasteiger partial charge in [0.15, 0.2) is 5.43 Å². The van der Waals surface area contributed by atoms with Gasteiger partial charge in [-0.1, -0.05) is 27.2 Å². The molecule has 0 aliphatic carbocycles. The topological polar surface area (TPSA) is 32.9 Å². The average Bonchev–Trinajstić information content (AvgIpc) is 2.01. The summed E-state index contributed by atoms with van der Waals surface area (Å²) in [5.74, 6) is 0.306. The molecule has 0 aliphatic rings. The maximum absolute atomic E-state index is 11.8. The van der Waals surface area contributed by atoms with E-state index in [1.807, 2.05) is 6.92 Å². The molecule has 1 rings (SSSR count). The molecule has 0 amide bonds. The first-order chi connectivity index (χ1) is 6.56. The molecule has 0 saturated carbocycles. The molecule has 0 aromatic carbocycles. The lowest BCUT2D eigenvalue weighted by Crippen LogP contribution is -2.15. The number of hydrogen-bond acceptors (Lipinski definition) is 1. The van der Waals surface area contributed by atoms with Gasteiger partial charge in [0, 0.05) is 23.0 Å². The molecule has 0 bridgehead atoms. The molecule has 0 unspecified atom stereocenters. The molecule has 1 aromatic heterocycles. The van der Waals surface area contributed by atoms with Crippen LogP contribution in [0.4, 0.5) is 0 Å². The number of nitrogens with one attached hydrogen (secondary N) is 1. The smallest absolute Gasteiger partial charge is 0.185 e. The van der Waals surface area contributed by atoms with Crippen LogP contribution < -0.4 is 5.43 Å². The van der Waals surface area contributed by atoms with E-state index in [2.05, 4.69) is 25.8 Å². The van der Waals surface area contributed by atoms with E-state index >= 15 is 0 Å². The molecule has 0 radical (unpaired) electrons. The third kappa shape index (κ3) is 2.25. The molecule has 0 saturated heterocycles. The lowest BCUT2D eigenvalue weighted by Gasteiger charge is -2.12. The first-order valence-corrected chi connectivity index (χ1v) is 5.29. The van der Waals surface area contributed by atoms with Crippen molar-refractivity contribution in [3.8, 4) is 0 Å². The summed E-state index contributed by atoms with van der Waals surface area (Å²) in [7, 11) is 0. The van der Waals surface area contributed by atoms with Gasteiger partial charge in [0.25, 0.3) is 0 Å². The summed E-state index contributed by atoms with van der Waals surface area (Å²) in [5.41, 5.74) is 3.22. The van der Waals surface area contributed by atoms with Crippen LogP contribution in [0.2, 0.25) is 0 Å². The summed E-state index contributed by atoms with van der Waals surface area (Å²) in [4.78, 5) is 15.1. The second-order valence-corrected chi connectivity index (χ2v) is 4.11. The molecular formula is C12H19NO. The van der Waals surface area contributed by atoms with Gasteiger partial charge in [-0.25, -0.2) is 0 Å². The van der Waals surface area contributed by atoms with Crippen molar-refractivity contribution in [3.63, 3.8) is 0 Å². The van der Waals surface area contributed by atoms with Crippen molar-refractivity contribution in [2.75, 3.05) is 0 Å². The van der Waals surface area contributed by atoms with Gasteiger partial charge in [-0.15, -0.1) is 0 Å². The highest BCUT2D eigenvalue weighted by atomic mass is 16.1. The molecule has 2 nitrogen and oxygen atoms in total. The predicted molar refractivity (Wildman–Crippen MR) is 59.9 cm³/mol. The highest BCUT2D eigenvalue weighted by Gasteiger charge is 2.10. The van der Waals surface area contributed by atoms with Crippen molar-refractivity contribution < 1.29 is 0 Å². The molecule has 1 aromatic rings. The average molecular weight is 193 g/mol. The van der Waals surface area contributed by atoms with Gasteiger partial charge in [-0.3, -0.25) is 4.79 Å². The molecule has 0 spiro atoms. The fourth-order valence-electron chi connectivity index (χ4n) is 1.84. The van der Waals surface area contributed by atoms with Gasteiger partial charge in [-0.05, 0) is 19.3 Å². The fraction of sp³-hybridized carbons (Fsp3) is 0.583. The summed E-state index contributed by atoms with van der Waals surface area (Å²) in [6.07, 6.45) is 2.03. The number of aryl methyl sites for hydroxylation is 2. The van der Waals surface area contributed by atoms with Crippen LogP contribution in [0.25, 0.3) is 0 Å². The minimum Gasteiger partial charge on any atom is -0.362 e. The lowest BCUT2D eigenvalue weighted by molar-refractivity contribution is 0.781. The Morgan fingerprint density at radius 2 is 2.07 bits per heavy atom. The summed E-state index contributed by atoms with van der Waals surface area (Å²) in [6, 6.07) is 1.69. The van der Waals surface area contributed by atoms with Crippen LogP contribution >= 0.6 is 0 Å². The van der Waals surface area contributed by atoms with Gasteiger partial charge in [0.2, 0.25) is 0 Å². The van der Waals surface area contributed by atoms with Gasteiger partial charge >= 0.3 is 0 Å². The largest absolute Gasteiger partial charge is 0.362 e. The molecule has 2 heteroatoms. The van der Waals surface area contributed by atoms with Crippen molar-refractivity contribution in [3.05, 3.63) is 33.2 Å². The molecular weight excluding hydrogens is 174 g/mol. The number of hydrogen-bond donors (Lipinski definition) is 1. The molecule has 0 fully saturated rings. The highest BCUT2D eigenvalue weighted by molar-refractivity contribution is 5.26. The number of aromatic amines is 1. The van der Waals surface area contributed by atoms with E-state index in [-0.39, 0.29) is 5.43 Å². The van der Waals surface area contributed by atoms with E-state index in [1.54, 1.807) is 6.07 Å². The lowest BCUT2D eigenvalue weighted by atomic mass is 9.98. The zero-order valence-corrected chi connectivity index (χ0v) is 9.48. The Morgan fingerprint density at radius 3 is 2.57 bits per heavy atom. The normalized spacial score (nSPS) is 10.9. The standard InChI is InChI=1S/C12H19NO/c1-5-6-10-12(8(2)3)11(14)7-9(4)13-10/h7-8H,5-6H2,1-4H3,(H,13,14). The monoisotopic (exact) mass is 193 g/mol. The fourth-order valence-corrected chi connectivity index (χ4v) is 1.84. The van der Waals surface area contributed by atoms with Crippen LogP contribution in [0.5, 0.6) is 0 Å². The van der Waals surface area contributed by atoms with E-state index in [1.165, 1.54) is 0 Å². The Hall–Kier alpha value is -1.05. The van der Waals surface area contributed by atoms with Crippen molar-refractivity contribution in [1.29, 1.82) is 0 Å². The summed E-state index contributed by atoms with van der Waals surface area (Å²) < 4.78 is 0. The second-order valence-electron chi connectivity index (χ2n) is 4.11. The van der Waals surface area contributed by atoms with Crippen LogP contribution in [0.1, 0.15) is 50.1 Å². The van der Waals surface area contributed by atoms with Crippen LogP contribution in [0, 0.1) is 6.92 Å². The summed E-state index contributed by atoms with van der Waals surface area (Å²) in [5, 5.41) is 0. The minimum atomic E-state index is 0.180. The van der Waals surface area contributed by atoms with E-state index in [0.717, 1.165) is 29.8 Å². The summed E-state index contributed by atoms with van der Waals surface area (Å²) >= 11 is 0. The molecule has 0 atom stereocenters. The number of aromatic nitrogens is 1. The Kier molecular flexibility index (Phi) is 3.50. The maximum atomic E-state index is 11.8. The highest BCUT2D eigenvalue weighted by Crippen LogP contribution is 2.15. The van der Waals surface area contributed by atoms with Gasteiger partial charge in [0.05, 0.1) is 0 Å². The number of rotatable bonds is 3. The Morgan fingerprint density at radius 1 is 1.43 bits per heavy atom. The summed E-state index contributed by atoms with van der Waals surface area (Å²) in [6.45, 7) is 8.20. The Bertz CT molecular complexity index is 363. The number of H-pyrrole nitrogens is 1. The first kappa shape index (κ1) is 11.0. The predicted octanol–water partition coefficient (Wildman–Crippen LogP) is 2.76. The molecule has 0 aliphatic heterocycles. The van der Waals surface area contributed by atoms with Crippen molar-refractivity contribution in [2.45, 2.75) is 46.5 Å². The van der Waals surface area contributed by atoms with Crippen LogP contribution in [0.15, 0.2) is 10.9 Å². The van der Waals surface area contributed by atoms with Crippen molar-refractivity contribution in [1.82, 2.24) is 4.98 Å². The maximum Gasteiger partial charge on any atom is 0.185 e. The SMILES string of the molecule is CCCc1[nH]c(C)cc(=O)c1C(C)C. The molecule has 1 N–H and O–H groups in total. The van der Waals surface area contributed by atoms with Crippen LogP contribution in [-0.4, -0.2) is 4.98 Å². The Labute approximate surface area is 85.4 Å². The Balaban J connectivity index is 3.29.